The molecule has 1 N–H and O–H groups in total. The summed E-state index contributed by atoms with van der Waals surface area (Å²) in [6.45, 7) is 4.38. The van der Waals surface area contributed by atoms with Gasteiger partial charge in [-0.1, -0.05) is 0 Å². The van der Waals surface area contributed by atoms with E-state index in [2.05, 4.69) is 25.8 Å². The largest absolute Gasteiger partial charge is 0.378 e. The lowest BCUT2D eigenvalue weighted by molar-refractivity contribution is 0.122. The van der Waals surface area contributed by atoms with Crippen LogP contribution < -0.4 is 15.4 Å². The summed E-state index contributed by atoms with van der Waals surface area (Å²) in [4.78, 5) is 29.6. The number of morpholine rings is 1. The summed E-state index contributed by atoms with van der Waals surface area (Å²) in [5.74, 6) is 1.40. The van der Waals surface area contributed by atoms with Gasteiger partial charge < -0.3 is 14.5 Å². The highest BCUT2D eigenvalue weighted by atomic mass is 16.5. The number of hydrogen-bond acceptors (Lipinski definition) is 7. The highest BCUT2D eigenvalue weighted by Crippen LogP contribution is 2.44. The van der Waals surface area contributed by atoms with Gasteiger partial charge in [-0.2, -0.15) is 5.26 Å². The number of nitrogens with zero attached hydrogens (tertiary/aromatic N) is 5. The average Bonchev–Trinajstić information content (AvgIpc) is 3.12. The van der Waals surface area contributed by atoms with Crippen LogP contribution >= 0.6 is 0 Å². The standard InChI is InChI=1S/C21H24N6O2/c22-13-15-3-1-7-23-18(15)27-8-2-5-21(14-27)6-4-16-17(21)24-20(25-19(16)28)26-9-11-29-12-10-26/h1,3,7H,2,4-6,8-12,14H2,(H,24,25,28). The van der Waals surface area contributed by atoms with Gasteiger partial charge in [0.25, 0.3) is 5.56 Å². The van der Waals surface area contributed by atoms with Crippen molar-refractivity contribution >= 4 is 11.8 Å². The zero-order valence-electron chi connectivity index (χ0n) is 16.4. The zero-order valence-corrected chi connectivity index (χ0v) is 16.4. The molecule has 1 aliphatic carbocycles. The summed E-state index contributed by atoms with van der Waals surface area (Å²) >= 11 is 0. The molecule has 150 valence electrons. The highest BCUT2D eigenvalue weighted by Gasteiger charge is 2.45. The van der Waals surface area contributed by atoms with Crippen molar-refractivity contribution in [1.29, 1.82) is 5.26 Å². The predicted octanol–water partition coefficient (Wildman–Crippen LogP) is 1.36. The molecule has 0 radical (unpaired) electrons. The molecule has 2 aromatic rings. The van der Waals surface area contributed by atoms with Crippen molar-refractivity contribution in [2.45, 2.75) is 31.1 Å². The van der Waals surface area contributed by atoms with Gasteiger partial charge in [0.15, 0.2) is 0 Å². The number of nitriles is 1. The fraction of sp³-hybridized carbons (Fsp3) is 0.524. The van der Waals surface area contributed by atoms with Crippen LogP contribution in [0.5, 0.6) is 0 Å². The van der Waals surface area contributed by atoms with Crippen LogP contribution in [-0.2, 0) is 16.6 Å². The van der Waals surface area contributed by atoms with Crippen LogP contribution in [0.15, 0.2) is 23.1 Å². The molecule has 2 aromatic heterocycles. The number of ether oxygens (including phenoxy) is 1. The molecule has 0 aromatic carbocycles. The molecule has 0 bridgehead atoms. The second-order valence-corrected chi connectivity index (χ2v) is 8.11. The number of hydrogen-bond donors (Lipinski definition) is 1. The first kappa shape index (κ1) is 18.1. The van der Waals surface area contributed by atoms with Crippen LogP contribution in [0.1, 0.15) is 36.1 Å². The maximum Gasteiger partial charge on any atom is 0.255 e. The Kier molecular flexibility index (Phi) is 4.47. The molecule has 4 heterocycles. The van der Waals surface area contributed by atoms with Crippen molar-refractivity contribution in [3.63, 3.8) is 0 Å². The number of aromatic amines is 1. The molecule has 0 amide bonds. The molecule has 8 nitrogen and oxygen atoms in total. The van der Waals surface area contributed by atoms with E-state index < -0.39 is 0 Å². The molecule has 1 atom stereocenters. The van der Waals surface area contributed by atoms with Crippen molar-refractivity contribution in [3.8, 4) is 6.07 Å². The Labute approximate surface area is 169 Å². The lowest BCUT2D eigenvalue weighted by atomic mass is 9.77. The molecule has 0 saturated carbocycles. The minimum Gasteiger partial charge on any atom is -0.378 e. The summed E-state index contributed by atoms with van der Waals surface area (Å²) < 4.78 is 5.44. The monoisotopic (exact) mass is 392 g/mol. The van der Waals surface area contributed by atoms with Crippen molar-refractivity contribution in [2.24, 2.45) is 0 Å². The molecule has 2 fully saturated rings. The molecule has 2 aliphatic heterocycles. The van der Waals surface area contributed by atoms with Crippen molar-refractivity contribution in [2.75, 3.05) is 49.2 Å². The van der Waals surface area contributed by atoms with Crippen LogP contribution in [0, 0.1) is 11.3 Å². The van der Waals surface area contributed by atoms with Gasteiger partial charge in [-0.3, -0.25) is 9.78 Å². The normalized spacial score (nSPS) is 23.8. The van der Waals surface area contributed by atoms with E-state index in [1.54, 1.807) is 12.3 Å². The molecule has 5 rings (SSSR count). The van der Waals surface area contributed by atoms with E-state index in [1.807, 2.05) is 6.07 Å². The van der Waals surface area contributed by atoms with Gasteiger partial charge in [-0.15, -0.1) is 0 Å². The topological polar surface area (TPSA) is 98.1 Å². The van der Waals surface area contributed by atoms with Gasteiger partial charge in [0, 0.05) is 43.4 Å². The Morgan fingerprint density at radius 3 is 2.90 bits per heavy atom. The fourth-order valence-corrected chi connectivity index (χ4v) is 5.01. The summed E-state index contributed by atoms with van der Waals surface area (Å²) in [5.41, 5.74) is 2.19. The highest BCUT2D eigenvalue weighted by molar-refractivity contribution is 5.55. The zero-order chi connectivity index (χ0) is 19.8. The van der Waals surface area contributed by atoms with Gasteiger partial charge in [0.2, 0.25) is 5.95 Å². The molecule has 8 heteroatoms. The number of piperidine rings is 1. The van der Waals surface area contributed by atoms with Gasteiger partial charge in [0.1, 0.15) is 11.9 Å². The molecule has 1 unspecified atom stereocenters. The molecular formula is C21H24N6O2. The average molecular weight is 392 g/mol. The Bertz CT molecular complexity index is 1020. The first-order valence-corrected chi connectivity index (χ1v) is 10.3. The fourth-order valence-electron chi connectivity index (χ4n) is 5.01. The Morgan fingerprint density at radius 1 is 1.21 bits per heavy atom. The number of nitrogens with one attached hydrogen (secondary N) is 1. The summed E-state index contributed by atoms with van der Waals surface area (Å²) in [5, 5.41) is 9.49. The minimum atomic E-state index is -0.160. The maximum absolute atomic E-state index is 12.8. The maximum atomic E-state index is 12.8. The van der Waals surface area contributed by atoms with E-state index in [0.717, 1.165) is 68.9 Å². The van der Waals surface area contributed by atoms with E-state index in [0.29, 0.717) is 24.7 Å². The SMILES string of the molecule is N#Cc1cccnc1N1CCCC2(CCc3c2nc(N2CCOCC2)[nH]c3=O)C1. The Balaban J connectivity index is 1.52. The smallest absolute Gasteiger partial charge is 0.255 e. The quantitative estimate of drug-likeness (QED) is 0.824. The first-order valence-electron chi connectivity index (χ1n) is 10.3. The van der Waals surface area contributed by atoms with Gasteiger partial charge in [-0.05, 0) is 37.8 Å². The van der Waals surface area contributed by atoms with Crippen LogP contribution in [-0.4, -0.2) is 54.3 Å². The van der Waals surface area contributed by atoms with Crippen molar-refractivity contribution < 1.29 is 4.74 Å². The number of H-pyrrole nitrogens is 1. The number of fused-ring (bicyclic) bond motifs is 2. The van der Waals surface area contributed by atoms with E-state index in [-0.39, 0.29) is 11.0 Å². The third kappa shape index (κ3) is 3.06. The third-order valence-electron chi connectivity index (χ3n) is 6.45. The van der Waals surface area contributed by atoms with Crippen LogP contribution in [0.25, 0.3) is 0 Å². The second-order valence-electron chi connectivity index (χ2n) is 8.11. The second kappa shape index (κ2) is 7.16. The Morgan fingerprint density at radius 2 is 2.07 bits per heavy atom. The number of aromatic nitrogens is 3. The van der Waals surface area contributed by atoms with Gasteiger partial charge in [0.05, 0.1) is 24.5 Å². The molecule has 2 saturated heterocycles. The van der Waals surface area contributed by atoms with Gasteiger partial charge >= 0.3 is 0 Å². The van der Waals surface area contributed by atoms with E-state index in [9.17, 15) is 10.1 Å². The number of pyridine rings is 1. The summed E-state index contributed by atoms with van der Waals surface area (Å²) in [7, 11) is 0. The summed E-state index contributed by atoms with van der Waals surface area (Å²) in [6.07, 6.45) is 5.39. The lowest BCUT2D eigenvalue weighted by Crippen LogP contribution is -2.46. The summed E-state index contributed by atoms with van der Waals surface area (Å²) in [6, 6.07) is 5.86. The lowest BCUT2D eigenvalue weighted by Gasteiger charge is -2.41. The third-order valence-corrected chi connectivity index (χ3v) is 6.45. The number of rotatable bonds is 2. The van der Waals surface area contributed by atoms with E-state index >= 15 is 0 Å². The Hall–Kier alpha value is -2.92. The van der Waals surface area contributed by atoms with Crippen molar-refractivity contribution in [1.82, 2.24) is 15.0 Å². The minimum absolute atomic E-state index is 0.0129. The van der Waals surface area contributed by atoms with E-state index in [1.165, 1.54) is 0 Å². The molecule has 3 aliphatic rings. The predicted molar refractivity (Wildman–Crippen MR) is 108 cm³/mol. The van der Waals surface area contributed by atoms with Gasteiger partial charge in [-0.25, -0.2) is 9.97 Å². The number of anilines is 2. The molecular weight excluding hydrogens is 368 g/mol. The van der Waals surface area contributed by atoms with Crippen LogP contribution in [0.2, 0.25) is 0 Å². The van der Waals surface area contributed by atoms with Crippen molar-refractivity contribution in [3.05, 3.63) is 45.5 Å². The van der Waals surface area contributed by atoms with Crippen LogP contribution in [0.3, 0.4) is 0 Å². The van der Waals surface area contributed by atoms with E-state index in [4.69, 9.17) is 9.72 Å². The van der Waals surface area contributed by atoms with Crippen LogP contribution in [0.4, 0.5) is 11.8 Å². The first-order chi connectivity index (χ1) is 14.2. The molecule has 1 spiro atoms. The molecule has 29 heavy (non-hydrogen) atoms.